The number of azo groups is 1. The summed E-state index contributed by atoms with van der Waals surface area (Å²) in [5.74, 6) is -3.70. The Morgan fingerprint density at radius 2 is 1.52 bits per heavy atom. The highest BCUT2D eigenvalue weighted by atomic mass is 35.5. The first-order valence-corrected chi connectivity index (χ1v) is 6.80. The highest BCUT2D eigenvalue weighted by Crippen LogP contribution is 2.22. The fourth-order valence-corrected chi connectivity index (χ4v) is 1.77. The Bertz CT molecular complexity index is 783. The van der Waals surface area contributed by atoms with E-state index in [1.807, 2.05) is 0 Å². The molecule has 0 fully saturated rings. The molecule has 2 aromatic rings. The molecule has 2 rings (SSSR count). The van der Waals surface area contributed by atoms with Crippen molar-refractivity contribution in [2.45, 2.75) is 0 Å². The quantitative estimate of drug-likeness (QED) is 0.374. The van der Waals surface area contributed by atoms with E-state index in [4.69, 9.17) is 16.7 Å². The molecule has 0 saturated carbocycles. The predicted molar refractivity (Wildman–Crippen MR) is 84.6 cm³/mol. The number of hydrogen-bond acceptors (Lipinski definition) is 5. The van der Waals surface area contributed by atoms with Crippen LogP contribution in [0.2, 0.25) is 5.02 Å². The lowest BCUT2D eigenvalue weighted by Crippen LogP contribution is -2.15. The van der Waals surface area contributed by atoms with Gasteiger partial charge in [-0.2, -0.15) is 5.11 Å². The van der Waals surface area contributed by atoms with Gasteiger partial charge in [-0.3, -0.25) is 4.79 Å². The molecule has 0 aliphatic rings. The smallest absolute Gasteiger partial charge is 0.379 e. The van der Waals surface area contributed by atoms with E-state index in [9.17, 15) is 14.7 Å². The summed E-state index contributed by atoms with van der Waals surface area (Å²) >= 11 is 5.75. The van der Waals surface area contributed by atoms with E-state index in [0.717, 1.165) is 0 Å². The second-order valence-corrected chi connectivity index (χ2v) is 4.81. The molecule has 0 aliphatic carbocycles. The first-order valence-electron chi connectivity index (χ1n) is 6.42. The largest absolute Gasteiger partial charge is 0.505 e. The minimum Gasteiger partial charge on any atom is -0.505 e. The summed E-state index contributed by atoms with van der Waals surface area (Å²) in [4.78, 5) is 22.7. The molecule has 0 aromatic heterocycles. The van der Waals surface area contributed by atoms with Crippen molar-refractivity contribution in [3.63, 3.8) is 0 Å². The van der Waals surface area contributed by atoms with Gasteiger partial charge < -0.3 is 10.2 Å². The number of nitrogens with zero attached hydrogens (tertiary/aromatic N) is 2. The third-order valence-electron chi connectivity index (χ3n) is 2.77. The van der Waals surface area contributed by atoms with Gasteiger partial charge in [-0.1, -0.05) is 29.8 Å². The third kappa shape index (κ3) is 4.24. The molecule has 2 aromatic carbocycles. The zero-order chi connectivity index (χ0) is 16.8. The molecule has 0 amide bonds. The summed E-state index contributed by atoms with van der Waals surface area (Å²) in [6.07, 6.45) is 0. The topological polar surface area (TPSA) is 99.3 Å². The van der Waals surface area contributed by atoms with E-state index in [1.54, 1.807) is 30.3 Å². The van der Waals surface area contributed by atoms with Crippen molar-refractivity contribution >= 4 is 34.8 Å². The maximum Gasteiger partial charge on any atom is 0.379 e. The third-order valence-corrected chi connectivity index (χ3v) is 3.02. The van der Waals surface area contributed by atoms with Crippen LogP contribution in [0.25, 0.3) is 5.76 Å². The first-order chi connectivity index (χ1) is 11.0. The summed E-state index contributed by atoms with van der Waals surface area (Å²) in [5, 5.41) is 26.8. The Kier molecular flexibility index (Phi) is 5.22. The Morgan fingerprint density at radius 3 is 2.09 bits per heavy atom. The molecule has 2 N–H and O–H groups in total. The second-order valence-electron chi connectivity index (χ2n) is 4.37. The number of benzene rings is 2. The lowest BCUT2D eigenvalue weighted by molar-refractivity contribution is -0.147. The van der Waals surface area contributed by atoms with Gasteiger partial charge >= 0.3 is 5.97 Å². The number of carbonyl (C=O) groups excluding carboxylic acids is 1. The van der Waals surface area contributed by atoms with E-state index in [0.29, 0.717) is 10.7 Å². The molecule has 0 atom stereocenters. The van der Waals surface area contributed by atoms with Crippen LogP contribution in [-0.4, -0.2) is 22.0 Å². The van der Waals surface area contributed by atoms with Crippen LogP contribution in [0.4, 0.5) is 5.69 Å². The number of carboxylic acid groups (broad SMARTS) is 1. The number of halogens is 1. The van der Waals surface area contributed by atoms with Crippen LogP contribution in [0.15, 0.2) is 70.5 Å². The Morgan fingerprint density at radius 1 is 0.913 bits per heavy atom. The molecule has 0 saturated heterocycles. The lowest BCUT2D eigenvalue weighted by atomic mass is 10.1. The standard InChI is InChI=1S/C16H11ClN2O4/c17-11-8-6-10(7-9-11)14(20)13(15(21)16(22)23)19-18-12-4-2-1-3-5-12/h1-9,20H,(H,22,23)/b14-13-,19-18?. The van der Waals surface area contributed by atoms with Crippen LogP contribution in [0.1, 0.15) is 5.56 Å². The van der Waals surface area contributed by atoms with E-state index in [1.165, 1.54) is 24.3 Å². The van der Waals surface area contributed by atoms with Crippen LogP contribution in [-0.2, 0) is 9.59 Å². The van der Waals surface area contributed by atoms with Crippen molar-refractivity contribution in [2.24, 2.45) is 10.2 Å². The van der Waals surface area contributed by atoms with Crippen LogP contribution in [0, 0.1) is 0 Å². The van der Waals surface area contributed by atoms with E-state index in [2.05, 4.69) is 10.2 Å². The van der Waals surface area contributed by atoms with Gasteiger partial charge in [0.25, 0.3) is 5.78 Å². The van der Waals surface area contributed by atoms with Gasteiger partial charge in [0, 0.05) is 10.6 Å². The number of aliphatic carboxylic acids is 1. The van der Waals surface area contributed by atoms with Gasteiger partial charge in [-0.15, -0.1) is 5.11 Å². The van der Waals surface area contributed by atoms with E-state index in [-0.39, 0.29) is 5.56 Å². The summed E-state index contributed by atoms with van der Waals surface area (Å²) < 4.78 is 0. The number of carboxylic acids is 1. The maximum atomic E-state index is 11.7. The molecule has 0 radical (unpaired) electrons. The van der Waals surface area contributed by atoms with Crippen molar-refractivity contribution < 1.29 is 19.8 Å². The molecule has 7 heteroatoms. The minimum atomic E-state index is -1.74. The van der Waals surface area contributed by atoms with Crippen LogP contribution in [0.3, 0.4) is 0 Å². The van der Waals surface area contributed by atoms with Gasteiger partial charge in [0.05, 0.1) is 5.69 Å². The minimum absolute atomic E-state index is 0.200. The van der Waals surface area contributed by atoms with Crippen molar-refractivity contribution in [2.75, 3.05) is 0 Å². The van der Waals surface area contributed by atoms with Crippen LogP contribution < -0.4 is 0 Å². The molecule has 0 unspecified atom stereocenters. The molecule has 0 bridgehead atoms. The number of hydrogen-bond donors (Lipinski definition) is 2. The van der Waals surface area contributed by atoms with E-state index < -0.39 is 23.2 Å². The molecule has 23 heavy (non-hydrogen) atoms. The molecule has 0 aliphatic heterocycles. The second kappa shape index (κ2) is 7.33. The van der Waals surface area contributed by atoms with Crippen molar-refractivity contribution in [1.29, 1.82) is 0 Å². The zero-order valence-corrected chi connectivity index (χ0v) is 12.4. The van der Waals surface area contributed by atoms with Gasteiger partial charge in [-0.05, 0) is 36.4 Å². The monoisotopic (exact) mass is 330 g/mol. The average molecular weight is 331 g/mol. The van der Waals surface area contributed by atoms with E-state index >= 15 is 0 Å². The number of carbonyl (C=O) groups is 2. The number of aliphatic hydroxyl groups excluding tert-OH is 1. The predicted octanol–water partition coefficient (Wildman–Crippen LogP) is 4.00. The van der Waals surface area contributed by atoms with Gasteiger partial charge in [0.15, 0.2) is 11.5 Å². The van der Waals surface area contributed by atoms with Crippen LogP contribution in [0.5, 0.6) is 0 Å². The summed E-state index contributed by atoms with van der Waals surface area (Å²) in [7, 11) is 0. The Labute approximate surface area is 136 Å². The van der Waals surface area contributed by atoms with Crippen molar-refractivity contribution in [1.82, 2.24) is 0 Å². The van der Waals surface area contributed by atoms with Crippen LogP contribution >= 0.6 is 11.6 Å². The number of rotatable bonds is 5. The molecular weight excluding hydrogens is 320 g/mol. The number of ketones is 1. The molecule has 0 spiro atoms. The van der Waals surface area contributed by atoms with Gasteiger partial charge in [0.2, 0.25) is 0 Å². The molecule has 6 nitrogen and oxygen atoms in total. The fraction of sp³-hybridized carbons (Fsp3) is 0. The molecule has 116 valence electrons. The average Bonchev–Trinajstić information content (AvgIpc) is 2.56. The van der Waals surface area contributed by atoms with Crippen molar-refractivity contribution in [3.05, 3.63) is 70.9 Å². The molecular formula is C16H11ClN2O4. The molecule has 0 heterocycles. The summed E-state index contributed by atoms with van der Waals surface area (Å²) in [6.45, 7) is 0. The number of Topliss-reactive ketones (excluding diaryl/α,β-unsaturated/α-hetero) is 1. The Hall–Kier alpha value is -2.99. The summed E-state index contributed by atoms with van der Waals surface area (Å²) in [6, 6.07) is 14.3. The zero-order valence-electron chi connectivity index (χ0n) is 11.7. The normalized spacial score (nSPS) is 12.0. The number of aliphatic hydroxyl groups is 1. The van der Waals surface area contributed by atoms with Gasteiger partial charge in [0.1, 0.15) is 0 Å². The van der Waals surface area contributed by atoms with Gasteiger partial charge in [-0.25, -0.2) is 4.79 Å². The van der Waals surface area contributed by atoms with Crippen molar-refractivity contribution in [3.8, 4) is 0 Å². The SMILES string of the molecule is O=C(O)C(=O)/C(N=Nc1ccccc1)=C(/O)c1ccc(Cl)cc1. The summed E-state index contributed by atoms with van der Waals surface area (Å²) in [5.41, 5.74) is -0.0539. The highest BCUT2D eigenvalue weighted by molar-refractivity contribution is 6.40. The first kappa shape index (κ1) is 16.4. The maximum absolute atomic E-state index is 11.7. The fourth-order valence-electron chi connectivity index (χ4n) is 1.65. The highest BCUT2D eigenvalue weighted by Gasteiger charge is 2.23. The Balaban J connectivity index is 2.47. The lowest BCUT2D eigenvalue weighted by Gasteiger charge is -2.03.